The highest BCUT2D eigenvalue weighted by molar-refractivity contribution is 6.34. The summed E-state index contributed by atoms with van der Waals surface area (Å²) in [6.07, 6.45) is 2.00. The van der Waals surface area contributed by atoms with Crippen molar-refractivity contribution in [1.29, 1.82) is 0 Å². The summed E-state index contributed by atoms with van der Waals surface area (Å²) in [5, 5.41) is 11.8. The second-order valence-corrected chi connectivity index (χ2v) is 5.02. The molecule has 0 bridgehead atoms. The van der Waals surface area contributed by atoms with E-state index in [9.17, 15) is 9.59 Å². The molecule has 0 aromatic heterocycles. The normalized spacial score (nSPS) is 18.4. The van der Waals surface area contributed by atoms with Crippen LogP contribution in [-0.2, 0) is 0 Å². The number of nitrogens with one attached hydrogen (secondary N) is 1. The summed E-state index contributed by atoms with van der Waals surface area (Å²) < 4.78 is 0. The van der Waals surface area contributed by atoms with E-state index in [-0.39, 0.29) is 22.7 Å². The summed E-state index contributed by atoms with van der Waals surface area (Å²) in [5.74, 6) is -1.05. The van der Waals surface area contributed by atoms with Gasteiger partial charge in [-0.1, -0.05) is 11.6 Å². The lowest BCUT2D eigenvalue weighted by molar-refractivity contribution is 0.0697. The predicted molar refractivity (Wildman–Crippen MR) is 72.8 cm³/mol. The number of carboxylic acids is 1. The second kappa shape index (κ2) is 5.48. The summed E-state index contributed by atoms with van der Waals surface area (Å²) in [7, 11) is 0. The fourth-order valence-electron chi connectivity index (χ4n) is 2.17. The van der Waals surface area contributed by atoms with Crippen LogP contribution < -0.4 is 5.32 Å². The molecule has 0 aliphatic carbocycles. The summed E-state index contributed by atoms with van der Waals surface area (Å²) in [5.41, 5.74) is 0.522. The molecule has 0 spiro atoms. The maximum absolute atomic E-state index is 12.0. The molecule has 0 radical (unpaired) electrons. The van der Waals surface area contributed by atoms with Crippen molar-refractivity contribution in [3.8, 4) is 0 Å². The average molecular weight is 283 g/mol. The van der Waals surface area contributed by atoms with E-state index in [1.165, 1.54) is 18.2 Å². The summed E-state index contributed by atoms with van der Waals surface area (Å²) >= 11 is 5.96. The highest BCUT2D eigenvalue weighted by Crippen LogP contribution is 2.25. The molecular formula is C13H15ClN2O3. The van der Waals surface area contributed by atoms with Crippen LogP contribution >= 0.6 is 11.6 Å². The molecule has 6 heteroatoms. The van der Waals surface area contributed by atoms with Crippen LogP contribution in [0.5, 0.6) is 0 Å². The molecule has 1 fully saturated rings. The number of carbonyl (C=O) groups excluding carboxylic acids is 1. The number of carboxylic acid groups (broad SMARTS) is 1. The zero-order chi connectivity index (χ0) is 14.0. The third kappa shape index (κ3) is 2.98. The van der Waals surface area contributed by atoms with E-state index in [1.807, 2.05) is 6.92 Å². The first-order valence-corrected chi connectivity index (χ1v) is 6.47. The molecular weight excluding hydrogens is 268 g/mol. The first-order valence-electron chi connectivity index (χ1n) is 6.09. The molecule has 102 valence electrons. The lowest BCUT2D eigenvalue weighted by Gasteiger charge is -2.22. The van der Waals surface area contributed by atoms with Crippen molar-refractivity contribution >= 4 is 29.3 Å². The van der Waals surface area contributed by atoms with Crippen LogP contribution in [0.25, 0.3) is 0 Å². The third-order valence-electron chi connectivity index (χ3n) is 3.27. The van der Waals surface area contributed by atoms with E-state index < -0.39 is 5.97 Å². The Labute approximate surface area is 116 Å². The fourth-order valence-corrected chi connectivity index (χ4v) is 2.40. The quantitative estimate of drug-likeness (QED) is 0.876. The second-order valence-electron chi connectivity index (χ2n) is 4.61. The van der Waals surface area contributed by atoms with E-state index in [0.717, 1.165) is 19.4 Å². The number of nitrogens with zero attached hydrogens (tertiary/aromatic N) is 1. The molecule has 1 aromatic rings. The molecule has 2 N–H and O–H groups in total. The van der Waals surface area contributed by atoms with Crippen LogP contribution in [0.2, 0.25) is 5.02 Å². The van der Waals surface area contributed by atoms with E-state index in [1.54, 1.807) is 4.90 Å². The van der Waals surface area contributed by atoms with Gasteiger partial charge in [-0.05, 0) is 38.0 Å². The van der Waals surface area contributed by atoms with Crippen LogP contribution in [0.3, 0.4) is 0 Å². The van der Waals surface area contributed by atoms with Crippen LogP contribution in [0.4, 0.5) is 10.5 Å². The molecule has 2 rings (SSSR count). The molecule has 1 unspecified atom stereocenters. The van der Waals surface area contributed by atoms with E-state index in [4.69, 9.17) is 16.7 Å². The largest absolute Gasteiger partial charge is 0.478 e. The number of likely N-dealkylation sites (tertiary alicyclic amines) is 1. The van der Waals surface area contributed by atoms with E-state index >= 15 is 0 Å². The number of halogens is 1. The van der Waals surface area contributed by atoms with Crippen LogP contribution in [-0.4, -0.2) is 34.6 Å². The highest BCUT2D eigenvalue weighted by atomic mass is 35.5. The Bertz CT molecular complexity index is 519. The van der Waals surface area contributed by atoms with Crippen LogP contribution in [0.15, 0.2) is 18.2 Å². The van der Waals surface area contributed by atoms with Gasteiger partial charge in [-0.25, -0.2) is 9.59 Å². The number of rotatable bonds is 2. The number of aromatic carboxylic acids is 1. The maximum Gasteiger partial charge on any atom is 0.335 e. The lowest BCUT2D eigenvalue weighted by atomic mass is 10.2. The van der Waals surface area contributed by atoms with Gasteiger partial charge in [-0.15, -0.1) is 0 Å². The molecule has 1 saturated heterocycles. The van der Waals surface area contributed by atoms with Crippen molar-refractivity contribution in [1.82, 2.24) is 4.90 Å². The molecule has 1 atom stereocenters. The number of anilines is 1. The molecule has 5 nitrogen and oxygen atoms in total. The minimum absolute atomic E-state index is 0.0949. The van der Waals surface area contributed by atoms with Crippen molar-refractivity contribution in [3.63, 3.8) is 0 Å². The van der Waals surface area contributed by atoms with Gasteiger partial charge in [-0.2, -0.15) is 0 Å². The Morgan fingerprint density at radius 3 is 2.74 bits per heavy atom. The smallest absolute Gasteiger partial charge is 0.335 e. The van der Waals surface area contributed by atoms with Gasteiger partial charge < -0.3 is 15.3 Å². The van der Waals surface area contributed by atoms with Gasteiger partial charge in [0, 0.05) is 12.6 Å². The van der Waals surface area contributed by atoms with E-state index in [2.05, 4.69) is 5.32 Å². The first kappa shape index (κ1) is 13.7. The zero-order valence-corrected chi connectivity index (χ0v) is 11.3. The van der Waals surface area contributed by atoms with Crippen molar-refractivity contribution < 1.29 is 14.7 Å². The number of carbonyl (C=O) groups is 2. The molecule has 1 aliphatic rings. The number of hydrogen-bond donors (Lipinski definition) is 2. The third-order valence-corrected chi connectivity index (χ3v) is 3.58. The molecule has 1 aliphatic heterocycles. The van der Waals surface area contributed by atoms with Crippen molar-refractivity contribution in [3.05, 3.63) is 28.8 Å². The monoisotopic (exact) mass is 282 g/mol. The van der Waals surface area contributed by atoms with Crippen LogP contribution in [0.1, 0.15) is 30.1 Å². The molecule has 1 aromatic carbocycles. The Morgan fingerprint density at radius 2 is 2.21 bits per heavy atom. The average Bonchev–Trinajstić information content (AvgIpc) is 2.77. The van der Waals surface area contributed by atoms with Gasteiger partial charge in [0.15, 0.2) is 0 Å². The number of amides is 2. The fraction of sp³-hybridized carbons (Fsp3) is 0.385. The zero-order valence-electron chi connectivity index (χ0n) is 10.5. The number of hydrogen-bond acceptors (Lipinski definition) is 2. The minimum atomic E-state index is -1.05. The van der Waals surface area contributed by atoms with Gasteiger partial charge in [0.2, 0.25) is 0 Å². The molecule has 1 heterocycles. The summed E-state index contributed by atoms with van der Waals surface area (Å²) in [6, 6.07) is 4.27. The SMILES string of the molecule is CC1CCCN1C(=O)Nc1ccc(C(=O)O)cc1Cl. The van der Waals surface area contributed by atoms with Gasteiger partial charge in [0.1, 0.15) is 0 Å². The number of benzene rings is 1. The molecule has 19 heavy (non-hydrogen) atoms. The molecule has 0 saturated carbocycles. The highest BCUT2D eigenvalue weighted by Gasteiger charge is 2.25. The Balaban J connectivity index is 2.11. The van der Waals surface area contributed by atoms with Gasteiger partial charge >= 0.3 is 12.0 Å². The van der Waals surface area contributed by atoms with Crippen molar-refractivity contribution in [2.45, 2.75) is 25.8 Å². The van der Waals surface area contributed by atoms with Gasteiger partial charge in [0.25, 0.3) is 0 Å². The van der Waals surface area contributed by atoms with Crippen molar-refractivity contribution in [2.75, 3.05) is 11.9 Å². The van der Waals surface area contributed by atoms with Crippen LogP contribution in [0, 0.1) is 0 Å². The Hall–Kier alpha value is -1.75. The number of urea groups is 1. The maximum atomic E-state index is 12.0. The standard InChI is InChI=1S/C13H15ClN2O3/c1-8-3-2-6-16(8)13(19)15-11-5-4-9(12(17)18)7-10(11)14/h4-5,7-8H,2-3,6H2,1H3,(H,15,19)(H,17,18). The lowest BCUT2D eigenvalue weighted by Crippen LogP contribution is -2.37. The minimum Gasteiger partial charge on any atom is -0.478 e. The molecule has 2 amide bonds. The first-order chi connectivity index (χ1) is 8.99. The van der Waals surface area contributed by atoms with Gasteiger partial charge in [0.05, 0.1) is 16.3 Å². The predicted octanol–water partition coefficient (Wildman–Crippen LogP) is 3.05. The van der Waals surface area contributed by atoms with Crippen molar-refractivity contribution in [2.24, 2.45) is 0 Å². The van der Waals surface area contributed by atoms with E-state index in [0.29, 0.717) is 5.69 Å². The topological polar surface area (TPSA) is 69.6 Å². The van der Waals surface area contributed by atoms with Gasteiger partial charge in [-0.3, -0.25) is 0 Å². The Kier molecular flexibility index (Phi) is 3.95. The Morgan fingerprint density at radius 1 is 1.47 bits per heavy atom. The summed E-state index contributed by atoms with van der Waals surface area (Å²) in [6.45, 7) is 2.74. The summed E-state index contributed by atoms with van der Waals surface area (Å²) in [4.78, 5) is 24.6.